The van der Waals surface area contributed by atoms with E-state index in [1.807, 2.05) is 24.4 Å². The molecule has 16 heavy (non-hydrogen) atoms. The number of nitrogens with two attached hydrogens (primary N) is 1. The summed E-state index contributed by atoms with van der Waals surface area (Å²) in [5.74, 6) is 1.73. The van der Waals surface area contributed by atoms with E-state index in [4.69, 9.17) is 10.2 Å². The van der Waals surface area contributed by atoms with E-state index < -0.39 is 0 Å². The number of anilines is 1. The Morgan fingerprint density at radius 1 is 1.31 bits per heavy atom. The fourth-order valence-electron chi connectivity index (χ4n) is 1.58. The molecule has 3 aromatic heterocycles. The normalized spacial score (nSPS) is 11.1. The Kier molecular flexibility index (Phi) is 1.94. The highest BCUT2D eigenvalue weighted by molar-refractivity contribution is 7.16. The van der Waals surface area contributed by atoms with Crippen LogP contribution in [0, 0.1) is 6.92 Å². The molecule has 0 amide bonds. The Balaban J connectivity index is 2.29. The molecule has 0 aromatic carbocycles. The minimum atomic E-state index is 0.497. The number of fused-ring (bicyclic) bond motifs is 1. The van der Waals surface area contributed by atoms with Crippen molar-refractivity contribution in [2.45, 2.75) is 6.92 Å². The summed E-state index contributed by atoms with van der Waals surface area (Å²) in [5, 5.41) is 2.85. The molecule has 0 unspecified atom stereocenters. The second kappa shape index (κ2) is 3.31. The predicted molar refractivity (Wildman–Crippen MR) is 64.3 cm³/mol. The molecule has 4 nitrogen and oxygen atoms in total. The van der Waals surface area contributed by atoms with Crippen LogP contribution >= 0.6 is 11.3 Å². The minimum Gasteiger partial charge on any atom is -0.461 e. The number of nitrogen functional groups attached to an aromatic ring is 1. The van der Waals surface area contributed by atoms with Gasteiger partial charge in [0.15, 0.2) is 11.6 Å². The molecule has 0 atom stereocenters. The topological polar surface area (TPSA) is 64.9 Å². The van der Waals surface area contributed by atoms with Crippen LogP contribution in [-0.2, 0) is 0 Å². The number of rotatable bonds is 1. The standard InChI is InChI=1S/C11H9N3OS/c1-6-2-4-15-8(6)10-13-9(12)7-3-5-16-11(7)14-10/h2-5H,1H3,(H2,12,13,14). The van der Waals surface area contributed by atoms with Crippen LogP contribution in [0.2, 0.25) is 0 Å². The van der Waals surface area contributed by atoms with Gasteiger partial charge in [-0.25, -0.2) is 9.97 Å². The van der Waals surface area contributed by atoms with Crippen LogP contribution in [0.1, 0.15) is 5.56 Å². The van der Waals surface area contributed by atoms with Crippen molar-refractivity contribution in [3.8, 4) is 11.6 Å². The van der Waals surface area contributed by atoms with Crippen LogP contribution in [0.15, 0.2) is 28.2 Å². The highest BCUT2D eigenvalue weighted by atomic mass is 32.1. The van der Waals surface area contributed by atoms with Crippen LogP contribution in [0.5, 0.6) is 0 Å². The van der Waals surface area contributed by atoms with Crippen molar-refractivity contribution in [1.82, 2.24) is 9.97 Å². The second-order valence-corrected chi connectivity index (χ2v) is 4.40. The van der Waals surface area contributed by atoms with E-state index in [9.17, 15) is 0 Å². The van der Waals surface area contributed by atoms with Gasteiger partial charge in [0, 0.05) is 0 Å². The SMILES string of the molecule is Cc1ccoc1-c1nc(N)c2ccsc2n1. The molecular formula is C11H9N3OS. The fraction of sp³-hybridized carbons (Fsp3) is 0.0909. The summed E-state index contributed by atoms with van der Waals surface area (Å²) in [7, 11) is 0. The van der Waals surface area contributed by atoms with Crippen molar-refractivity contribution in [1.29, 1.82) is 0 Å². The van der Waals surface area contributed by atoms with Gasteiger partial charge < -0.3 is 10.2 Å². The summed E-state index contributed by atoms with van der Waals surface area (Å²) in [6.45, 7) is 1.96. The molecule has 3 heterocycles. The molecule has 80 valence electrons. The molecular weight excluding hydrogens is 222 g/mol. The maximum Gasteiger partial charge on any atom is 0.199 e. The zero-order chi connectivity index (χ0) is 11.1. The van der Waals surface area contributed by atoms with Gasteiger partial charge in [0.05, 0.1) is 11.6 Å². The predicted octanol–water partition coefficient (Wildman–Crippen LogP) is 2.84. The van der Waals surface area contributed by atoms with Gasteiger partial charge in [-0.1, -0.05) is 0 Å². The Labute approximate surface area is 95.7 Å². The van der Waals surface area contributed by atoms with E-state index in [1.54, 1.807) is 17.6 Å². The summed E-state index contributed by atoms with van der Waals surface area (Å²) in [4.78, 5) is 9.58. The largest absolute Gasteiger partial charge is 0.461 e. The number of aromatic nitrogens is 2. The summed E-state index contributed by atoms with van der Waals surface area (Å²) in [5.41, 5.74) is 6.88. The van der Waals surface area contributed by atoms with Crippen molar-refractivity contribution >= 4 is 27.4 Å². The number of thiophene rings is 1. The number of furan rings is 1. The van der Waals surface area contributed by atoms with Gasteiger partial charge >= 0.3 is 0 Å². The molecule has 0 saturated carbocycles. The van der Waals surface area contributed by atoms with Gasteiger partial charge in [0.2, 0.25) is 0 Å². The zero-order valence-corrected chi connectivity index (χ0v) is 9.41. The third kappa shape index (κ3) is 1.29. The van der Waals surface area contributed by atoms with Gasteiger partial charge in [-0.3, -0.25) is 0 Å². The Bertz CT molecular complexity index is 656. The fourth-order valence-corrected chi connectivity index (χ4v) is 2.35. The number of hydrogen-bond acceptors (Lipinski definition) is 5. The molecule has 0 aliphatic rings. The van der Waals surface area contributed by atoms with E-state index in [-0.39, 0.29) is 0 Å². The molecule has 0 spiro atoms. The van der Waals surface area contributed by atoms with Crippen molar-refractivity contribution in [3.63, 3.8) is 0 Å². The zero-order valence-electron chi connectivity index (χ0n) is 8.60. The molecule has 0 bridgehead atoms. The average molecular weight is 231 g/mol. The summed E-state index contributed by atoms with van der Waals surface area (Å²) in [6, 6.07) is 3.81. The monoisotopic (exact) mass is 231 g/mol. The summed E-state index contributed by atoms with van der Waals surface area (Å²) in [6.07, 6.45) is 1.63. The van der Waals surface area contributed by atoms with Crippen LogP contribution in [0.3, 0.4) is 0 Å². The lowest BCUT2D eigenvalue weighted by molar-refractivity contribution is 0.576. The summed E-state index contributed by atoms with van der Waals surface area (Å²) < 4.78 is 5.35. The number of nitrogens with zero attached hydrogens (tertiary/aromatic N) is 2. The van der Waals surface area contributed by atoms with Gasteiger partial charge in [0.1, 0.15) is 10.6 Å². The van der Waals surface area contributed by atoms with Crippen LogP contribution in [-0.4, -0.2) is 9.97 Å². The van der Waals surface area contributed by atoms with Gasteiger partial charge in [0.25, 0.3) is 0 Å². The molecule has 3 aromatic rings. The van der Waals surface area contributed by atoms with E-state index in [1.165, 1.54) is 0 Å². The van der Waals surface area contributed by atoms with Crippen molar-refractivity contribution in [2.24, 2.45) is 0 Å². The van der Waals surface area contributed by atoms with Gasteiger partial charge in [-0.2, -0.15) is 0 Å². The maximum atomic E-state index is 5.87. The lowest BCUT2D eigenvalue weighted by Crippen LogP contribution is -1.95. The van der Waals surface area contributed by atoms with E-state index in [0.717, 1.165) is 15.8 Å². The molecule has 0 aliphatic heterocycles. The first-order chi connectivity index (χ1) is 7.75. The Morgan fingerprint density at radius 3 is 2.94 bits per heavy atom. The van der Waals surface area contributed by atoms with E-state index >= 15 is 0 Å². The van der Waals surface area contributed by atoms with Gasteiger partial charge in [-0.15, -0.1) is 11.3 Å². The molecule has 0 fully saturated rings. The summed E-state index contributed by atoms with van der Waals surface area (Å²) >= 11 is 1.55. The molecule has 0 aliphatic carbocycles. The third-order valence-corrected chi connectivity index (χ3v) is 3.23. The quantitative estimate of drug-likeness (QED) is 0.699. The first-order valence-corrected chi connectivity index (χ1v) is 5.69. The van der Waals surface area contributed by atoms with Crippen molar-refractivity contribution in [2.75, 3.05) is 5.73 Å². The highest BCUT2D eigenvalue weighted by Gasteiger charge is 2.12. The lowest BCUT2D eigenvalue weighted by atomic mass is 10.2. The maximum absolute atomic E-state index is 5.87. The van der Waals surface area contributed by atoms with Crippen LogP contribution in [0.25, 0.3) is 21.8 Å². The minimum absolute atomic E-state index is 0.497. The lowest BCUT2D eigenvalue weighted by Gasteiger charge is -2.00. The van der Waals surface area contributed by atoms with Crippen LogP contribution < -0.4 is 5.73 Å². The molecule has 0 saturated heterocycles. The average Bonchev–Trinajstić information content (AvgIpc) is 2.85. The van der Waals surface area contributed by atoms with Gasteiger partial charge in [-0.05, 0) is 30.0 Å². The highest BCUT2D eigenvalue weighted by Crippen LogP contribution is 2.28. The van der Waals surface area contributed by atoms with E-state index in [2.05, 4.69) is 9.97 Å². The molecule has 3 rings (SSSR count). The smallest absolute Gasteiger partial charge is 0.199 e. The number of hydrogen-bond donors (Lipinski definition) is 1. The Morgan fingerprint density at radius 2 is 2.19 bits per heavy atom. The molecule has 5 heteroatoms. The van der Waals surface area contributed by atoms with E-state index in [0.29, 0.717) is 17.4 Å². The first-order valence-electron chi connectivity index (χ1n) is 4.81. The van der Waals surface area contributed by atoms with Crippen molar-refractivity contribution < 1.29 is 4.42 Å². The second-order valence-electron chi connectivity index (χ2n) is 3.50. The number of aryl methyl sites for hydroxylation is 1. The van der Waals surface area contributed by atoms with Crippen LogP contribution in [0.4, 0.5) is 5.82 Å². The molecule has 2 N–H and O–H groups in total. The Hall–Kier alpha value is -1.88. The van der Waals surface area contributed by atoms with Crippen molar-refractivity contribution in [3.05, 3.63) is 29.3 Å². The third-order valence-electron chi connectivity index (χ3n) is 2.42. The molecule has 0 radical (unpaired) electrons. The first kappa shape index (κ1) is 9.35.